The molecule has 1 heterocycles. The van der Waals surface area contributed by atoms with Crippen LogP contribution in [0.3, 0.4) is 0 Å². The van der Waals surface area contributed by atoms with Crippen LogP contribution in [-0.2, 0) is 4.74 Å². The number of likely N-dealkylation sites (tertiary alicyclic amines) is 1. The Morgan fingerprint density at radius 3 is 2.48 bits per heavy atom. The summed E-state index contributed by atoms with van der Waals surface area (Å²) in [4.78, 5) is 14.4. The maximum atomic E-state index is 12.5. The van der Waals surface area contributed by atoms with Crippen molar-refractivity contribution < 1.29 is 9.53 Å². The first kappa shape index (κ1) is 20.1. The normalized spacial score (nSPS) is 17.7. The number of carbonyl (C=O) groups excluding carboxylic acids is 1. The van der Waals surface area contributed by atoms with Gasteiger partial charge < -0.3 is 20.3 Å². The highest BCUT2D eigenvalue weighted by atomic mass is 32.1. The number of amides is 1. The van der Waals surface area contributed by atoms with E-state index in [-0.39, 0.29) is 5.91 Å². The Morgan fingerprint density at radius 1 is 1.07 bits per heavy atom. The number of rotatable bonds is 7. The molecule has 0 aromatic heterocycles. The predicted molar refractivity (Wildman–Crippen MR) is 113 cm³/mol. The number of nitrogens with zero attached hydrogens (tertiary/aromatic N) is 1. The summed E-state index contributed by atoms with van der Waals surface area (Å²) in [5, 5.41) is 6.99. The van der Waals surface area contributed by atoms with Gasteiger partial charge in [0.2, 0.25) is 0 Å². The molecule has 1 aromatic carbocycles. The van der Waals surface area contributed by atoms with E-state index in [1.807, 2.05) is 29.2 Å². The minimum absolute atomic E-state index is 0.129. The van der Waals surface area contributed by atoms with Crippen LogP contribution in [0.1, 0.15) is 61.7 Å². The number of hydrogen-bond acceptors (Lipinski definition) is 3. The van der Waals surface area contributed by atoms with Crippen molar-refractivity contribution in [3.63, 3.8) is 0 Å². The van der Waals surface area contributed by atoms with Crippen molar-refractivity contribution in [2.24, 2.45) is 0 Å². The van der Waals surface area contributed by atoms with Crippen LogP contribution in [0.25, 0.3) is 0 Å². The Labute approximate surface area is 167 Å². The molecule has 0 spiro atoms. The molecular formula is C21H31N3O2S. The molecule has 2 N–H and O–H groups in total. The van der Waals surface area contributed by atoms with Crippen molar-refractivity contribution >= 4 is 28.9 Å². The zero-order valence-electron chi connectivity index (χ0n) is 16.0. The van der Waals surface area contributed by atoms with Crippen molar-refractivity contribution in [3.05, 3.63) is 29.8 Å². The van der Waals surface area contributed by atoms with E-state index < -0.39 is 0 Å². The fourth-order valence-electron chi connectivity index (χ4n) is 3.73. The van der Waals surface area contributed by atoms with E-state index in [0.29, 0.717) is 11.2 Å². The average Bonchev–Trinajstić information content (AvgIpc) is 3.22. The monoisotopic (exact) mass is 389 g/mol. The molecule has 1 aliphatic heterocycles. The van der Waals surface area contributed by atoms with Crippen molar-refractivity contribution in [1.82, 2.24) is 10.2 Å². The van der Waals surface area contributed by atoms with E-state index in [9.17, 15) is 4.79 Å². The Kier molecular flexibility index (Phi) is 7.90. The molecule has 1 aromatic rings. The van der Waals surface area contributed by atoms with E-state index >= 15 is 0 Å². The van der Waals surface area contributed by atoms with Crippen LogP contribution in [0, 0.1) is 0 Å². The van der Waals surface area contributed by atoms with E-state index in [1.165, 1.54) is 32.1 Å². The third-order valence-corrected chi connectivity index (χ3v) is 5.54. The van der Waals surface area contributed by atoms with Crippen molar-refractivity contribution in [3.8, 4) is 0 Å². The molecule has 3 rings (SSSR count). The van der Waals surface area contributed by atoms with Crippen LogP contribution >= 0.6 is 12.2 Å². The minimum Gasteiger partial charge on any atom is -0.378 e. The summed E-state index contributed by atoms with van der Waals surface area (Å²) < 4.78 is 5.85. The van der Waals surface area contributed by atoms with E-state index in [4.69, 9.17) is 17.0 Å². The van der Waals surface area contributed by atoms with Crippen LogP contribution in [0.4, 0.5) is 5.69 Å². The summed E-state index contributed by atoms with van der Waals surface area (Å²) in [6.07, 6.45) is 9.90. The number of hydrogen-bond donors (Lipinski definition) is 2. The minimum atomic E-state index is 0.129. The van der Waals surface area contributed by atoms with Crippen molar-refractivity contribution in [2.45, 2.75) is 57.5 Å². The number of thiocarbonyl (C=S) groups is 1. The highest BCUT2D eigenvalue weighted by molar-refractivity contribution is 7.80. The van der Waals surface area contributed by atoms with Gasteiger partial charge in [0, 0.05) is 37.5 Å². The predicted octanol–water partition coefficient (Wildman–Crippen LogP) is 3.95. The fourth-order valence-corrected chi connectivity index (χ4v) is 3.95. The molecule has 5 nitrogen and oxygen atoms in total. The van der Waals surface area contributed by atoms with Gasteiger partial charge in [0.1, 0.15) is 0 Å². The first-order valence-corrected chi connectivity index (χ1v) is 10.7. The van der Waals surface area contributed by atoms with Crippen LogP contribution in [0.5, 0.6) is 0 Å². The molecule has 6 heteroatoms. The molecule has 1 aliphatic carbocycles. The van der Waals surface area contributed by atoms with Crippen molar-refractivity contribution in [2.75, 3.05) is 31.6 Å². The molecule has 148 valence electrons. The second-order valence-electron chi connectivity index (χ2n) is 7.44. The Balaban J connectivity index is 1.34. The molecule has 2 aliphatic rings. The highest BCUT2D eigenvalue weighted by Crippen LogP contribution is 2.20. The molecule has 1 saturated heterocycles. The van der Waals surface area contributed by atoms with Gasteiger partial charge in [-0.05, 0) is 75.0 Å². The second kappa shape index (κ2) is 10.6. The molecular weight excluding hydrogens is 358 g/mol. The Bertz CT molecular complexity index is 608. The fraction of sp³-hybridized carbons (Fsp3) is 0.619. The summed E-state index contributed by atoms with van der Waals surface area (Å²) in [6.45, 7) is 3.33. The summed E-state index contributed by atoms with van der Waals surface area (Å²) in [7, 11) is 0. The van der Waals surface area contributed by atoms with Gasteiger partial charge >= 0.3 is 0 Å². The van der Waals surface area contributed by atoms with Crippen LogP contribution in [0.2, 0.25) is 0 Å². The zero-order valence-corrected chi connectivity index (χ0v) is 16.9. The first-order chi connectivity index (χ1) is 13.2. The van der Waals surface area contributed by atoms with Gasteiger partial charge in [-0.3, -0.25) is 4.79 Å². The summed E-state index contributed by atoms with van der Waals surface area (Å²) >= 11 is 5.34. The number of benzene rings is 1. The number of anilines is 1. The maximum absolute atomic E-state index is 12.5. The Hall–Kier alpha value is -1.66. The second-order valence-corrected chi connectivity index (χ2v) is 7.85. The van der Waals surface area contributed by atoms with Crippen LogP contribution in [-0.4, -0.2) is 48.3 Å². The lowest BCUT2D eigenvalue weighted by Crippen LogP contribution is -2.35. The quantitative estimate of drug-likeness (QED) is 0.546. The van der Waals surface area contributed by atoms with Gasteiger partial charge in [-0.2, -0.15) is 0 Å². The number of piperidine rings is 1. The largest absolute Gasteiger partial charge is 0.378 e. The number of ether oxygens (including phenoxy) is 1. The summed E-state index contributed by atoms with van der Waals surface area (Å²) in [6, 6.07) is 7.57. The molecule has 0 atom stereocenters. The van der Waals surface area contributed by atoms with Crippen LogP contribution < -0.4 is 10.6 Å². The smallest absolute Gasteiger partial charge is 0.253 e. The van der Waals surface area contributed by atoms with Gasteiger partial charge in [-0.15, -0.1) is 0 Å². The third kappa shape index (κ3) is 6.47. The van der Waals surface area contributed by atoms with E-state index in [0.717, 1.165) is 56.8 Å². The molecule has 27 heavy (non-hydrogen) atoms. The zero-order chi connectivity index (χ0) is 18.9. The maximum Gasteiger partial charge on any atom is 0.253 e. The summed E-state index contributed by atoms with van der Waals surface area (Å²) in [5.41, 5.74) is 1.63. The van der Waals surface area contributed by atoms with Gasteiger partial charge in [0.15, 0.2) is 5.11 Å². The van der Waals surface area contributed by atoms with Gasteiger partial charge in [-0.1, -0.05) is 12.8 Å². The van der Waals surface area contributed by atoms with E-state index in [2.05, 4.69) is 10.6 Å². The number of nitrogens with one attached hydrogen (secondary N) is 2. The topological polar surface area (TPSA) is 53.6 Å². The number of carbonyl (C=O) groups is 1. The molecule has 0 radical (unpaired) electrons. The lowest BCUT2D eigenvalue weighted by molar-refractivity contribution is 0.0574. The highest BCUT2D eigenvalue weighted by Gasteiger charge is 2.18. The molecule has 0 bridgehead atoms. The molecule has 0 unspecified atom stereocenters. The lowest BCUT2D eigenvalue weighted by atomic mass is 10.1. The average molecular weight is 390 g/mol. The van der Waals surface area contributed by atoms with Gasteiger partial charge in [0.05, 0.1) is 6.10 Å². The standard InChI is InChI=1S/C21H31N3O2S/c25-20(24-14-4-1-5-15-24)17-9-11-18(12-10-17)23-21(27)22-13-6-16-26-19-7-2-3-8-19/h9-12,19H,1-8,13-16H2,(H2,22,23,27). The third-order valence-electron chi connectivity index (χ3n) is 5.30. The lowest BCUT2D eigenvalue weighted by Gasteiger charge is -2.26. The molecule has 1 saturated carbocycles. The first-order valence-electron chi connectivity index (χ1n) is 10.3. The molecule has 2 fully saturated rings. The van der Waals surface area contributed by atoms with Gasteiger partial charge in [-0.25, -0.2) is 0 Å². The SMILES string of the molecule is O=C(c1ccc(NC(=S)NCCCOC2CCCC2)cc1)N1CCCCC1. The van der Waals surface area contributed by atoms with Crippen molar-refractivity contribution in [1.29, 1.82) is 0 Å². The molecule has 1 amide bonds. The summed E-state index contributed by atoms with van der Waals surface area (Å²) in [5.74, 6) is 0.129. The Morgan fingerprint density at radius 2 is 1.78 bits per heavy atom. The van der Waals surface area contributed by atoms with E-state index in [1.54, 1.807) is 0 Å². The van der Waals surface area contributed by atoms with Crippen LogP contribution in [0.15, 0.2) is 24.3 Å². The van der Waals surface area contributed by atoms with Gasteiger partial charge in [0.25, 0.3) is 5.91 Å².